The van der Waals surface area contributed by atoms with Crippen molar-refractivity contribution in [3.05, 3.63) is 95.7 Å². The van der Waals surface area contributed by atoms with Crippen LogP contribution in [0.1, 0.15) is 40.9 Å². The van der Waals surface area contributed by atoms with Crippen molar-refractivity contribution in [2.24, 2.45) is 0 Å². The Balaban J connectivity index is 1.45. The number of nitrogens with zero attached hydrogens (tertiary/aromatic N) is 4. The molecule has 1 aliphatic heterocycles. The number of methoxy groups -OCH3 is 1. The van der Waals surface area contributed by atoms with E-state index in [0.29, 0.717) is 46.8 Å². The lowest BCUT2D eigenvalue weighted by molar-refractivity contribution is 0.102. The monoisotopic (exact) mass is 595 g/mol. The molecule has 1 aliphatic rings. The highest BCUT2D eigenvalue weighted by atomic mass is 32.2. The second-order valence-electron chi connectivity index (χ2n) is 10.7. The molecule has 0 spiro atoms. The predicted molar refractivity (Wildman–Crippen MR) is 167 cm³/mol. The normalized spacial score (nSPS) is 14.1. The maximum Gasteiger partial charge on any atom is 0.256 e. The Labute approximate surface area is 251 Å². The molecule has 2 aromatic heterocycles. The fourth-order valence-electron chi connectivity index (χ4n) is 5.49. The molecule has 220 valence electrons. The molecular weight excluding hydrogens is 562 g/mol. The molecule has 3 aromatic carbocycles. The highest BCUT2D eigenvalue weighted by molar-refractivity contribution is 7.89. The van der Waals surface area contributed by atoms with Gasteiger partial charge in [-0.1, -0.05) is 54.4 Å². The van der Waals surface area contributed by atoms with Gasteiger partial charge in [0.15, 0.2) is 5.65 Å². The van der Waals surface area contributed by atoms with Gasteiger partial charge in [-0.2, -0.15) is 9.40 Å². The summed E-state index contributed by atoms with van der Waals surface area (Å²) in [6.45, 7) is 4.80. The second kappa shape index (κ2) is 11.6. The molecule has 43 heavy (non-hydrogen) atoms. The van der Waals surface area contributed by atoms with Gasteiger partial charge >= 0.3 is 0 Å². The van der Waals surface area contributed by atoms with E-state index in [9.17, 15) is 13.2 Å². The maximum absolute atomic E-state index is 14.0. The number of benzene rings is 3. The summed E-state index contributed by atoms with van der Waals surface area (Å²) in [6, 6.07) is 24.1. The summed E-state index contributed by atoms with van der Waals surface area (Å²) >= 11 is 0. The summed E-state index contributed by atoms with van der Waals surface area (Å²) in [4.78, 5) is 19.0. The molecule has 6 rings (SSSR count). The van der Waals surface area contributed by atoms with Crippen molar-refractivity contribution in [3.8, 4) is 22.7 Å². The average Bonchev–Trinajstić information content (AvgIpc) is 3.37. The first kappa shape index (κ1) is 28.6. The molecule has 1 fully saturated rings. The Bertz CT molecular complexity index is 1910. The van der Waals surface area contributed by atoms with E-state index < -0.39 is 15.9 Å². The van der Waals surface area contributed by atoms with Gasteiger partial charge in [0.1, 0.15) is 10.6 Å². The zero-order valence-electron chi connectivity index (χ0n) is 24.4. The zero-order chi connectivity index (χ0) is 30.1. The first-order valence-corrected chi connectivity index (χ1v) is 15.7. The van der Waals surface area contributed by atoms with Crippen LogP contribution in [-0.2, 0) is 10.0 Å². The predicted octanol–water partition coefficient (Wildman–Crippen LogP) is 6.14. The average molecular weight is 596 g/mol. The third-order valence-electron chi connectivity index (χ3n) is 7.76. The molecule has 0 atom stereocenters. The van der Waals surface area contributed by atoms with Gasteiger partial charge < -0.3 is 10.1 Å². The van der Waals surface area contributed by atoms with E-state index in [4.69, 9.17) is 14.8 Å². The Morgan fingerprint density at radius 1 is 0.907 bits per heavy atom. The number of sulfonamides is 1. The Hall–Kier alpha value is -4.54. The molecule has 0 saturated carbocycles. The minimum atomic E-state index is -3.81. The molecule has 1 N–H and O–H groups in total. The lowest BCUT2D eigenvalue weighted by atomic mass is 10.0. The number of aromatic nitrogens is 3. The third kappa shape index (κ3) is 5.51. The number of piperidine rings is 1. The van der Waals surface area contributed by atoms with Gasteiger partial charge in [0.2, 0.25) is 10.0 Å². The molecule has 1 amide bonds. The van der Waals surface area contributed by atoms with E-state index in [0.717, 1.165) is 36.1 Å². The molecule has 9 nitrogen and oxygen atoms in total. The summed E-state index contributed by atoms with van der Waals surface area (Å²) in [5, 5.41) is 8.32. The van der Waals surface area contributed by atoms with Crippen LogP contribution in [0, 0.1) is 13.8 Å². The van der Waals surface area contributed by atoms with Gasteiger partial charge in [-0.3, -0.25) is 4.79 Å². The minimum absolute atomic E-state index is 0.0305. The van der Waals surface area contributed by atoms with E-state index in [1.807, 2.05) is 68.4 Å². The maximum atomic E-state index is 14.0. The molecule has 0 unspecified atom stereocenters. The van der Waals surface area contributed by atoms with E-state index in [1.54, 1.807) is 22.9 Å². The van der Waals surface area contributed by atoms with Crippen LogP contribution in [0.4, 0.5) is 5.69 Å². The van der Waals surface area contributed by atoms with Crippen molar-refractivity contribution < 1.29 is 17.9 Å². The number of hydrogen-bond donors (Lipinski definition) is 1. The summed E-state index contributed by atoms with van der Waals surface area (Å²) in [5.41, 5.74) is 5.35. The zero-order valence-corrected chi connectivity index (χ0v) is 25.2. The van der Waals surface area contributed by atoms with Gasteiger partial charge in [0.05, 0.1) is 35.1 Å². The molecule has 3 heterocycles. The number of carbonyl (C=O) groups is 1. The van der Waals surface area contributed by atoms with E-state index in [2.05, 4.69) is 5.32 Å². The van der Waals surface area contributed by atoms with Crippen LogP contribution in [0.15, 0.2) is 83.8 Å². The van der Waals surface area contributed by atoms with Crippen molar-refractivity contribution >= 4 is 32.7 Å². The number of pyridine rings is 1. The number of aryl methyl sites for hydroxylation is 2. The fourth-order valence-corrected chi connectivity index (χ4v) is 7.19. The molecule has 0 radical (unpaired) electrons. The van der Waals surface area contributed by atoms with Crippen LogP contribution in [0.5, 0.6) is 5.75 Å². The van der Waals surface area contributed by atoms with E-state index in [-0.39, 0.29) is 10.6 Å². The number of anilines is 1. The summed E-state index contributed by atoms with van der Waals surface area (Å²) in [5.74, 6) is -0.168. The lowest BCUT2D eigenvalue weighted by Crippen LogP contribution is -2.35. The van der Waals surface area contributed by atoms with Gasteiger partial charge in [-0.05, 0) is 63.1 Å². The van der Waals surface area contributed by atoms with Crippen molar-refractivity contribution in [3.63, 3.8) is 0 Å². The Morgan fingerprint density at radius 3 is 2.33 bits per heavy atom. The van der Waals surface area contributed by atoms with Crippen LogP contribution < -0.4 is 10.1 Å². The summed E-state index contributed by atoms with van der Waals surface area (Å²) < 4.78 is 35.8. The molecular formula is C33H33N5O4S. The van der Waals surface area contributed by atoms with Gasteiger partial charge in [-0.15, -0.1) is 0 Å². The fraction of sp³-hybridized carbons (Fsp3) is 0.242. The second-order valence-corrected chi connectivity index (χ2v) is 12.6. The van der Waals surface area contributed by atoms with Crippen LogP contribution in [0.25, 0.3) is 28.0 Å². The number of nitrogens with one attached hydrogen (secondary N) is 1. The highest BCUT2D eigenvalue weighted by Gasteiger charge is 2.30. The van der Waals surface area contributed by atoms with E-state index >= 15 is 0 Å². The number of ether oxygens (including phenoxy) is 1. The van der Waals surface area contributed by atoms with Crippen LogP contribution in [0.3, 0.4) is 0 Å². The van der Waals surface area contributed by atoms with Crippen molar-refractivity contribution in [1.82, 2.24) is 19.1 Å². The molecule has 0 aliphatic carbocycles. The first-order chi connectivity index (χ1) is 20.8. The standard InChI is InChI=1S/C33H33N5O4S/c1-22-12-15-26(16-13-22)38-32-31(23(2)36-38)27(21-28(35-32)24-10-6-4-7-11-24)33(39)34-25-14-17-29(42-3)30(20-25)43(40,41)37-18-8-5-9-19-37/h4,6-7,10-17,20-21H,5,8-9,18-19H2,1-3H3,(H,34,39). The molecule has 5 aromatic rings. The number of carbonyl (C=O) groups excluding carboxylic acids is 1. The summed E-state index contributed by atoms with van der Waals surface area (Å²) in [7, 11) is -2.37. The number of hydrogen-bond acceptors (Lipinski definition) is 6. The van der Waals surface area contributed by atoms with Crippen molar-refractivity contribution in [1.29, 1.82) is 0 Å². The number of rotatable bonds is 7. The Morgan fingerprint density at radius 2 is 1.63 bits per heavy atom. The molecule has 1 saturated heterocycles. The SMILES string of the molecule is COc1ccc(NC(=O)c2cc(-c3ccccc3)nc3c2c(C)nn3-c2ccc(C)cc2)cc1S(=O)(=O)N1CCCCC1. The van der Waals surface area contributed by atoms with Crippen molar-refractivity contribution in [2.45, 2.75) is 38.0 Å². The minimum Gasteiger partial charge on any atom is -0.495 e. The molecule has 10 heteroatoms. The quantitative estimate of drug-likeness (QED) is 0.242. The Kier molecular flexibility index (Phi) is 7.72. The van der Waals surface area contributed by atoms with E-state index in [1.165, 1.54) is 17.5 Å². The van der Waals surface area contributed by atoms with Crippen LogP contribution >= 0.6 is 0 Å². The van der Waals surface area contributed by atoms with Gasteiger partial charge in [0, 0.05) is 24.3 Å². The van der Waals surface area contributed by atoms with Crippen molar-refractivity contribution in [2.75, 3.05) is 25.5 Å². The van der Waals surface area contributed by atoms with Crippen LogP contribution in [-0.4, -0.2) is 53.6 Å². The first-order valence-electron chi connectivity index (χ1n) is 14.3. The smallest absolute Gasteiger partial charge is 0.256 e. The summed E-state index contributed by atoms with van der Waals surface area (Å²) in [6.07, 6.45) is 2.63. The van der Waals surface area contributed by atoms with Crippen LogP contribution in [0.2, 0.25) is 0 Å². The van der Waals surface area contributed by atoms with Gasteiger partial charge in [-0.25, -0.2) is 18.1 Å². The van der Waals surface area contributed by atoms with Gasteiger partial charge in [0.25, 0.3) is 5.91 Å². The topological polar surface area (TPSA) is 106 Å². The largest absolute Gasteiger partial charge is 0.495 e. The number of amides is 1. The highest BCUT2D eigenvalue weighted by Crippen LogP contribution is 2.33. The third-order valence-corrected chi connectivity index (χ3v) is 9.68. The molecule has 0 bridgehead atoms. The number of fused-ring (bicyclic) bond motifs is 1. The lowest BCUT2D eigenvalue weighted by Gasteiger charge is -2.26.